The number of aromatic nitrogens is 4. The fraction of sp³-hybridized carbons (Fsp3) is 0.136. The van der Waals surface area contributed by atoms with E-state index in [0.29, 0.717) is 11.3 Å². The van der Waals surface area contributed by atoms with Crippen LogP contribution in [-0.4, -0.2) is 25.7 Å². The second kappa shape index (κ2) is 8.72. The molecule has 1 N–H and O–H groups in total. The van der Waals surface area contributed by atoms with Crippen molar-refractivity contribution >= 4 is 23.3 Å². The maximum atomic E-state index is 14.0. The summed E-state index contributed by atoms with van der Waals surface area (Å²) in [6.07, 6.45) is 3.59. The molecule has 0 atom stereocenters. The lowest BCUT2D eigenvalue weighted by Crippen LogP contribution is -2.15. The van der Waals surface area contributed by atoms with Gasteiger partial charge in [0, 0.05) is 18.2 Å². The van der Waals surface area contributed by atoms with Crippen molar-refractivity contribution in [3.8, 4) is 22.7 Å². The number of amides is 1. The van der Waals surface area contributed by atoms with Crippen molar-refractivity contribution in [3.63, 3.8) is 0 Å². The van der Waals surface area contributed by atoms with E-state index in [1.165, 1.54) is 31.6 Å². The van der Waals surface area contributed by atoms with E-state index in [0.717, 1.165) is 28.3 Å². The summed E-state index contributed by atoms with van der Waals surface area (Å²) in [6.45, 7) is 2.00. The Morgan fingerprint density at radius 2 is 2.03 bits per heavy atom. The first-order valence-corrected chi connectivity index (χ1v) is 10.0. The summed E-state index contributed by atoms with van der Waals surface area (Å²) in [7, 11) is 1.50. The average molecular weight is 454 g/mol. The number of hydrogen-bond donors (Lipinski definition) is 1. The minimum absolute atomic E-state index is 0.00217. The predicted octanol–water partition coefficient (Wildman–Crippen LogP) is 4.10. The van der Waals surface area contributed by atoms with Gasteiger partial charge in [0.2, 0.25) is 5.89 Å². The van der Waals surface area contributed by atoms with Gasteiger partial charge < -0.3 is 9.73 Å². The third kappa shape index (κ3) is 4.15. The highest BCUT2D eigenvalue weighted by Gasteiger charge is 2.17. The summed E-state index contributed by atoms with van der Waals surface area (Å²) in [4.78, 5) is 32.6. The molecule has 2 aromatic carbocycles. The Bertz CT molecular complexity index is 1340. The zero-order valence-electron chi connectivity index (χ0n) is 17.1. The Kier molecular flexibility index (Phi) is 5.83. The summed E-state index contributed by atoms with van der Waals surface area (Å²) < 4.78 is 20.2. The Morgan fingerprint density at radius 3 is 2.66 bits per heavy atom. The smallest absolute Gasteiger partial charge is 0.388 e. The molecule has 0 radical (unpaired) electrons. The largest absolute Gasteiger partial charge is 0.437 e. The fourth-order valence-corrected chi connectivity index (χ4v) is 3.39. The van der Waals surface area contributed by atoms with Gasteiger partial charge in [-0.1, -0.05) is 30.7 Å². The second-order valence-corrected chi connectivity index (χ2v) is 7.27. The van der Waals surface area contributed by atoms with E-state index in [-0.39, 0.29) is 22.3 Å². The molecular formula is C22H17ClFN5O3. The highest BCUT2D eigenvalue weighted by atomic mass is 35.5. The van der Waals surface area contributed by atoms with Crippen molar-refractivity contribution < 1.29 is 13.6 Å². The van der Waals surface area contributed by atoms with E-state index in [1.54, 1.807) is 0 Å². The molecule has 0 aliphatic rings. The van der Waals surface area contributed by atoms with Crippen molar-refractivity contribution in [2.45, 2.75) is 13.3 Å². The Hall–Kier alpha value is -3.85. The highest BCUT2D eigenvalue weighted by molar-refractivity contribution is 6.34. The van der Waals surface area contributed by atoms with Gasteiger partial charge in [0.15, 0.2) is 5.82 Å². The van der Waals surface area contributed by atoms with Crippen molar-refractivity contribution in [1.29, 1.82) is 0 Å². The van der Waals surface area contributed by atoms with Crippen molar-refractivity contribution in [2.75, 3.05) is 5.32 Å². The average Bonchev–Trinajstić information content (AvgIpc) is 3.12. The fourth-order valence-electron chi connectivity index (χ4n) is 3.14. The minimum Gasteiger partial charge on any atom is -0.388 e. The molecule has 4 rings (SSSR count). The quantitative estimate of drug-likeness (QED) is 0.488. The van der Waals surface area contributed by atoms with Crippen LogP contribution in [0.2, 0.25) is 5.02 Å². The van der Waals surface area contributed by atoms with Crippen LogP contribution in [0.4, 0.5) is 10.2 Å². The van der Waals surface area contributed by atoms with E-state index in [4.69, 9.17) is 16.0 Å². The molecule has 10 heteroatoms. The minimum atomic E-state index is -0.731. The Balaban J connectivity index is 1.63. The number of aryl methyl sites for hydroxylation is 2. The van der Waals surface area contributed by atoms with Crippen LogP contribution in [0.15, 0.2) is 58.0 Å². The molecule has 2 aromatic heterocycles. The third-order valence-corrected chi connectivity index (χ3v) is 5.10. The molecule has 0 saturated carbocycles. The van der Waals surface area contributed by atoms with Crippen LogP contribution in [0.3, 0.4) is 0 Å². The number of hydrogen-bond acceptors (Lipinski definition) is 6. The van der Waals surface area contributed by atoms with Gasteiger partial charge in [-0.2, -0.15) is 4.68 Å². The molecule has 0 aliphatic heterocycles. The number of rotatable bonds is 5. The van der Waals surface area contributed by atoms with Gasteiger partial charge in [-0.3, -0.25) is 9.78 Å². The molecule has 0 fully saturated rings. The monoisotopic (exact) mass is 453 g/mol. The SMILES string of the molecule is CCc1ccc(-c2nn(C)c(=O)o2)cc1-c1cnc(NC(=O)c2c(F)cccc2Cl)cn1. The van der Waals surface area contributed by atoms with E-state index < -0.39 is 17.5 Å². The molecule has 32 heavy (non-hydrogen) atoms. The summed E-state index contributed by atoms with van der Waals surface area (Å²) in [6, 6.07) is 9.52. The van der Waals surface area contributed by atoms with Gasteiger partial charge in [-0.25, -0.2) is 14.2 Å². The number of nitrogens with zero attached hydrogens (tertiary/aromatic N) is 4. The number of carbonyl (C=O) groups excluding carboxylic acids is 1. The Morgan fingerprint density at radius 1 is 1.22 bits per heavy atom. The highest BCUT2D eigenvalue weighted by Crippen LogP contribution is 2.28. The van der Waals surface area contributed by atoms with Crippen molar-refractivity contribution in [2.24, 2.45) is 7.05 Å². The number of anilines is 1. The van der Waals surface area contributed by atoms with Gasteiger partial charge in [0.05, 0.1) is 28.7 Å². The number of nitrogens with one attached hydrogen (secondary N) is 1. The maximum Gasteiger partial charge on any atom is 0.437 e. The van der Waals surface area contributed by atoms with Gasteiger partial charge in [-0.05, 0) is 36.2 Å². The number of halogens is 2. The molecule has 0 bridgehead atoms. The van der Waals surface area contributed by atoms with Crippen LogP contribution < -0.4 is 11.1 Å². The maximum absolute atomic E-state index is 14.0. The summed E-state index contributed by atoms with van der Waals surface area (Å²) in [5, 5.41) is 6.56. The number of carbonyl (C=O) groups is 1. The first-order valence-electron chi connectivity index (χ1n) is 9.62. The summed E-state index contributed by atoms with van der Waals surface area (Å²) >= 11 is 5.94. The molecule has 0 saturated heterocycles. The van der Waals surface area contributed by atoms with Crippen LogP contribution in [0, 0.1) is 5.82 Å². The van der Waals surface area contributed by atoms with Gasteiger partial charge in [-0.15, -0.1) is 5.10 Å². The standard InChI is InChI=1S/C22H17ClFN5O3/c1-3-12-7-8-13(21-28-29(2)22(31)32-21)9-14(12)17-10-26-18(11-25-17)27-20(30)19-15(23)5-4-6-16(19)24/h4-11H,3H2,1-2H3,(H,26,27,30). The number of benzene rings is 2. The summed E-state index contributed by atoms with van der Waals surface area (Å²) in [5.74, 6) is -1.68. The molecule has 0 aliphatic carbocycles. The lowest BCUT2D eigenvalue weighted by molar-refractivity contribution is 0.102. The van der Waals surface area contributed by atoms with Gasteiger partial charge >= 0.3 is 5.76 Å². The van der Waals surface area contributed by atoms with E-state index in [9.17, 15) is 14.0 Å². The third-order valence-electron chi connectivity index (χ3n) is 4.79. The summed E-state index contributed by atoms with van der Waals surface area (Å²) in [5.41, 5.74) is 2.67. The zero-order valence-corrected chi connectivity index (χ0v) is 17.9. The molecule has 2 heterocycles. The topological polar surface area (TPSA) is 103 Å². The van der Waals surface area contributed by atoms with Crippen LogP contribution in [0.25, 0.3) is 22.7 Å². The van der Waals surface area contributed by atoms with E-state index >= 15 is 0 Å². The van der Waals surface area contributed by atoms with E-state index in [2.05, 4.69) is 20.4 Å². The lowest BCUT2D eigenvalue weighted by atomic mass is 9.99. The lowest BCUT2D eigenvalue weighted by Gasteiger charge is -2.10. The zero-order chi connectivity index (χ0) is 22.8. The van der Waals surface area contributed by atoms with E-state index in [1.807, 2.05) is 25.1 Å². The van der Waals surface area contributed by atoms with Crippen molar-refractivity contribution in [1.82, 2.24) is 19.7 Å². The second-order valence-electron chi connectivity index (χ2n) is 6.86. The molecule has 1 amide bonds. The first-order chi connectivity index (χ1) is 15.4. The molecule has 8 nitrogen and oxygen atoms in total. The molecule has 0 spiro atoms. The van der Waals surface area contributed by atoms with Crippen molar-refractivity contribution in [3.05, 3.63) is 81.3 Å². The van der Waals surface area contributed by atoms with Gasteiger partial charge in [0.1, 0.15) is 5.82 Å². The Labute approximate surface area is 186 Å². The van der Waals surface area contributed by atoms with Gasteiger partial charge in [0.25, 0.3) is 5.91 Å². The van der Waals surface area contributed by atoms with Crippen LogP contribution in [0.5, 0.6) is 0 Å². The normalized spacial score (nSPS) is 10.9. The van der Waals surface area contributed by atoms with Crippen LogP contribution in [0.1, 0.15) is 22.8 Å². The van der Waals surface area contributed by atoms with Crippen LogP contribution >= 0.6 is 11.6 Å². The molecule has 0 unspecified atom stereocenters. The molecular weight excluding hydrogens is 437 g/mol. The molecule has 162 valence electrons. The predicted molar refractivity (Wildman–Crippen MR) is 117 cm³/mol. The van der Waals surface area contributed by atoms with Crippen LogP contribution in [-0.2, 0) is 13.5 Å². The molecule has 4 aromatic rings. The first kappa shape index (κ1) is 21.4.